The van der Waals surface area contributed by atoms with Crippen LogP contribution in [0.15, 0.2) is 72.8 Å². The molecule has 0 fully saturated rings. The minimum Gasteiger partial charge on any atom is -0.352 e. The molecule has 3 aromatic carbocycles. The highest BCUT2D eigenvalue weighted by Crippen LogP contribution is 2.27. The summed E-state index contributed by atoms with van der Waals surface area (Å²) in [6, 6.07) is 20.1. The summed E-state index contributed by atoms with van der Waals surface area (Å²) in [5.74, 6) is -0.865. The summed E-state index contributed by atoms with van der Waals surface area (Å²) in [5.41, 5.74) is 2.55. The first-order valence-electron chi connectivity index (χ1n) is 12.5. The number of sulfonamides is 1. The highest BCUT2D eigenvalue weighted by Gasteiger charge is 2.33. The van der Waals surface area contributed by atoms with Crippen LogP contribution < -0.4 is 9.62 Å². The number of halogens is 2. The third kappa shape index (κ3) is 8.71. The van der Waals surface area contributed by atoms with Gasteiger partial charge in [-0.1, -0.05) is 71.7 Å². The zero-order chi connectivity index (χ0) is 28.7. The van der Waals surface area contributed by atoms with E-state index in [2.05, 4.69) is 5.32 Å². The summed E-state index contributed by atoms with van der Waals surface area (Å²) in [4.78, 5) is 29.0. The van der Waals surface area contributed by atoms with E-state index in [4.69, 9.17) is 23.2 Å². The number of hydrogen-bond donors (Lipinski definition) is 1. The molecule has 2 amide bonds. The Balaban J connectivity index is 2.07. The summed E-state index contributed by atoms with van der Waals surface area (Å²) in [5, 5.41) is 3.80. The van der Waals surface area contributed by atoms with E-state index in [-0.39, 0.29) is 24.9 Å². The van der Waals surface area contributed by atoms with Crippen LogP contribution in [0.4, 0.5) is 5.69 Å². The van der Waals surface area contributed by atoms with Gasteiger partial charge in [-0.05, 0) is 61.7 Å². The molecule has 3 rings (SSSR count). The van der Waals surface area contributed by atoms with Gasteiger partial charge >= 0.3 is 0 Å². The van der Waals surface area contributed by atoms with E-state index in [0.717, 1.165) is 21.7 Å². The quantitative estimate of drug-likeness (QED) is 0.331. The van der Waals surface area contributed by atoms with Crippen LogP contribution in [0.1, 0.15) is 30.5 Å². The maximum Gasteiger partial charge on any atom is 0.244 e. The van der Waals surface area contributed by atoms with Crippen molar-refractivity contribution in [1.82, 2.24) is 10.2 Å². The second kappa shape index (κ2) is 13.3. The van der Waals surface area contributed by atoms with Gasteiger partial charge in [0, 0.05) is 29.1 Å². The van der Waals surface area contributed by atoms with Gasteiger partial charge in [-0.3, -0.25) is 13.9 Å². The molecule has 208 valence electrons. The van der Waals surface area contributed by atoms with Crippen molar-refractivity contribution in [2.24, 2.45) is 0 Å². The molecule has 0 saturated carbocycles. The van der Waals surface area contributed by atoms with Crippen LogP contribution in [0.5, 0.6) is 0 Å². The van der Waals surface area contributed by atoms with E-state index in [1.807, 2.05) is 44.2 Å². The predicted octanol–water partition coefficient (Wildman–Crippen LogP) is 5.23. The van der Waals surface area contributed by atoms with E-state index < -0.39 is 28.5 Å². The normalized spacial score (nSPS) is 12.2. The molecule has 1 atom stereocenters. The molecular weight excluding hydrogens is 557 g/mol. The lowest BCUT2D eigenvalue weighted by atomic mass is 10.0. The summed E-state index contributed by atoms with van der Waals surface area (Å²) in [7, 11) is -3.88. The van der Waals surface area contributed by atoms with Crippen LogP contribution in [0.2, 0.25) is 10.0 Å². The van der Waals surface area contributed by atoms with Crippen molar-refractivity contribution in [3.63, 3.8) is 0 Å². The topological polar surface area (TPSA) is 86.8 Å². The fourth-order valence-corrected chi connectivity index (χ4v) is 5.36. The first-order valence-corrected chi connectivity index (χ1v) is 15.1. The number of hydrogen-bond acceptors (Lipinski definition) is 4. The average Bonchev–Trinajstić information content (AvgIpc) is 2.86. The smallest absolute Gasteiger partial charge is 0.244 e. The number of carbonyl (C=O) groups is 2. The molecule has 39 heavy (non-hydrogen) atoms. The van der Waals surface area contributed by atoms with Crippen molar-refractivity contribution >= 4 is 50.7 Å². The maximum atomic E-state index is 14.0. The lowest BCUT2D eigenvalue weighted by Crippen LogP contribution is -2.54. The molecule has 0 unspecified atom stereocenters. The van der Waals surface area contributed by atoms with Crippen molar-refractivity contribution in [2.75, 3.05) is 17.1 Å². The Morgan fingerprint density at radius 1 is 0.897 bits per heavy atom. The van der Waals surface area contributed by atoms with Gasteiger partial charge in [0.25, 0.3) is 0 Å². The van der Waals surface area contributed by atoms with Crippen molar-refractivity contribution in [1.29, 1.82) is 0 Å². The molecular formula is C29H33Cl2N3O4S. The number of carbonyl (C=O) groups excluding carboxylic acids is 2. The van der Waals surface area contributed by atoms with Gasteiger partial charge in [0.15, 0.2) is 0 Å². The zero-order valence-corrected chi connectivity index (χ0v) is 24.7. The van der Waals surface area contributed by atoms with Crippen molar-refractivity contribution in [3.05, 3.63) is 99.5 Å². The molecule has 10 heteroatoms. The molecule has 1 N–H and O–H groups in total. The SMILES string of the molecule is Cc1ccc(Cl)cc1N(CC(=O)N(Cc1ccc(Cl)cc1)[C@H](Cc1ccccc1)C(=O)NC(C)C)S(C)(=O)=O. The molecule has 0 heterocycles. The van der Waals surface area contributed by atoms with E-state index >= 15 is 0 Å². The Kier molecular flexibility index (Phi) is 10.4. The fraction of sp³-hybridized carbons (Fsp3) is 0.310. The van der Waals surface area contributed by atoms with Gasteiger partial charge in [-0.25, -0.2) is 8.42 Å². The van der Waals surface area contributed by atoms with E-state index in [1.54, 1.807) is 43.3 Å². The van der Waals surface area contributed by atoms with Crippen molar-refractivity contribution in [3.8, 4) is 0 Å². The summed E-state index contributed by atoms with van der Waals surface area (Å²) in [6.45, 7) is 5.00. The van der Waals surface area contributed by atoms with Gasteiger partial charge in [-0.15, -0.1) is 0 Å². The molecule has 0 aliphatic rings. The molecule has 0 bridgehead atoms. The van der Waals surface area contributed by atoms with Crippen LogP contribution in [0.25, 0.3) is 0 Å². The molecule has 0 aliphatic carbocycles. The van der Waals surface area contributed by atoms with Gasteiger partial charge < -0.3 is 10.2 Å². The van der Waals surface area contributed by atoms with E-state index in [1.165, 1.54) is 11.0 Å². The van der Waals surface area contributed by atoms with Crippen LogP contribution in [-0.4, -0.2) is 50.0 Å². The fourth-order valence-electron chi connectivity index (χ4n) is 4.17. The Bertz CT molecular complexity index is 1400. The number of nitrogens with zero attached hydrogens (tertiary/aromatic N) is 2. The largest absolute Gasteiger partial charge is 0.352 e. The summed E-state index contributed by atoms with van der Waals surface area (Å²) in [6.07, 6.45) is 1.28. The zero-order valence-electron chi connectivity index (χ0n) is 22.4. The Morgan fingerprint density at radius 2 is 1.51 bits per heavy atom. The van der Waals surface area contributed by atoms with Crippen LogP contribution in [-0.2, 0) is 32.6 Å². The van der Waals surface area contributed by atoms with Gasteiger partial charge in [0.2, 0.25) is 21.8 Å². The molecule has 0 aromatic heterocycles. The number of rotatable bonds is 11. The average molecular weight is 591 g/mol. The van der Waals surface area contributed by atoms with E-state index in [0.29, 0.717) is 21.3 Å². The standard InChI is InChI=1S/C29H33Cl2N3O4S/c1-20(2)32-29(36)27(16-22-8-6-5-7-9-22)33(18-23-11-14-24(30)15-12-23)28(35)19-34(39(4,37)38)26-17-25(31)13-10-21(26)3/h5-15,17,20,27H,16,18-19H2,1-4H3,(H,32,36)/t27-/m1/s1. The van der Waals surface area contributed by atoms with Crippen LogP contribution >= 0.6 is 23.2 Å². The lowest BCUT2D eigenvalue weighted by molar-refractivity contribution is -0.140. The Hall–Kier alpha value is -3.07. The molecule has 0 radical (unpaired) electrons. The second-order valence-electron chi connectivity index (χ2n) is 9.72. The highest BCUT2D eigenvalue weighted by molar-refractivity contribution is 7.92. The van der Waals surface area contributed by atoms with Crippen LogP contribution in [0, 0.1) is 6.92 Å². The first-order chi connectivity index (χ1) is 18.3. The first kappa shape index (κ1) is 30.5. The predicted molar refractivity (Wildman–Crippen MR) is 158 cm³/mol. The third-order valence-electron chi connectivity index (χ3n) is 6.09. The van der Waals surface area contributed by atoms with Gasteiger partial charge in [0.1, 0.15) is 12.6 Å². The molecule has 0 spiro atoms. The van der Waals surface area contributed by atoms with Crippen molar-refractivity contribution in [2.45, 2.75) is 45.8 Å². The number of amides is 2. The molecule has 3 aromatic rings. The minimum absolute atomic E-state index is 0.0746. The number of benzene rings is 3. The number of anilines is 1. The highest BCUT2D eigenvalue weighted by atomic mass is 35.5. The molecule has 0 saturated heterocycles. The number of aryl methyl sites for hydroxylation is 1. The third-order valence-corrected chi connectivity index (χ3v) is 7.70. The van der Waals surface area contributed by atoms with Crippen molar-refractivity contribution < 1.29 is 18.0 Å². The molecule has 7 nitrogen and oxygen atoms in total. The monoisotopic (exact) mass is 589 g/mol. The van der Waals surface area contributed by atoms with Gasteiger partial charge in [0.05, 0.1) is 11.9 Å². The summed E-state index contributed by atoms with van der Waals surface area (Å²) >= 11 is 12.3. The minimum atomic E-state index is -3.88. The van der Waals surface area contributed by atoms with E-state index in [9.17, 15) is 18.0 Å². The lowest BCUT2D eigenvalue weighted by Gasteiger charge is -2.34. The summed E-state index contributed by atoms with van der Waals surface area (Å²) < 4.78 is 26.8. The van der Waals surface area contributed by atoms with Crippen LogP contribution in [0.3, 0.4) is 0 Å². The van der Waals surface area contributed by atoms with Gasteiger partial charge in [-0.2, -0.15) is 0 Å². The molecule has 0 aliphatic heterocycles. The Morgan fingerprint density at radius 3 is 2.10 bits per heavy atom. The Labute approximate surface area is 240 Å². The number of nitrogens with one attached hydrogen (secondary N) is 1. The second-order valence-corrected chi connectivity index (χ2v) is 12.5. The maximum absolute atomic E-state index is 14.0.